The minimum absolute atomic E-state index is 0.0437. The van der Waals surface area contributed by atoms with E-state index >= 15 is 0 Å². The summed E-state index contributed by atoms with van der Waals surface area (Å²) in [6.07, 6.45) is 6.97. The van der Waals surface area contributed by atoms with E-state index in [1.165, 1.54) is 12.7 Å². The van der Waals surface area contributed by atoms with Crippen LogP contribution in [0, 0.1) is 11.3 Å². The lowest BCUT2D eigenvalue weighted by molar-refractivity contribution is -0.142. The van der Waals surface area contributed by atoms with Crippen LogP contribution in [0.1, 0.15) is 43.6 Å². The SMILES string of the molecule is COC(=O)COc1ccc(NC(=O)C2CC23CCC(c2ccnc4cc(OC)c(OC)cc24)CC3)cc1. The first-order valence-corrected chi connectivity index (χ1v) is 12.6. The number of amides is 1. The Bertz CT molecular complexity index is 1300. The van der Waals surface area contributed by atoms with Crippen LogP contribution in [-0.2, 0) is 14.3 Å². The Labute approximate surface area is 216 Å². The first kappa shape index (κ1) is 24.9. The Hall–Kier alpha value is -3.81. The molecule has 8 heteroatoms. The lowest BCUT2D eigenvalue weighted by atomic mass is 9.75. The van der Waals surface area contributed by atoms with Gasteiger partial charge < -0.3 is 24.3 Å². The number of benzene rings is 2. The van der Waals surface area contributed by atoms with Crippen LogP contribution in [-0.4, -0.2) is 44.8 Å². The van der Waals surface area contributed by atoms with E-state index in [4.69, 9.17) is 14.2 Å². The topological polar surface area (TPSA) is 96.0 Å². The molecule has 8 nitrogen and oxygen atoms in total. The zero-order valence-corrected chi connectivity index (χ0v) is 21.4. The predicted octanol–water partition coefficient (Wildman–Crippen LogP) is 5.11. The number of carbonyl (C=O) groups is 2. The Morgan fingerprint density at radius 2 is 1.70 bits per heavy atom. The van der Waals surface area contributed by atoms with Crippen LogP contribution in [0.25, 0.3) is 10.9 Å². The molecule has 194 valence electrons. The molecule has 2 aliphatic carbocycles. The van der Waals surface area contributed by atoms with Gasteiger partial charge >= 0.3 is 5.97 Å². The first-order chi connectivity index (χ1) is 18.0. The molecule has 3 aromatic rings. The number of hydrogen-bond acceptors (Lipinski definition) is 7. The fraction of sp³-hybridized carbons (Fsp3) is 0.414. The van der Waals surface area contributed by atoms with Crippen LogP contribution < -0.4 is 19.5 Å². The van der Waals surface area contributed by atoms with E-state index in [-0.39, 0.29) is 23.8 Å². The average Bonchev–Trinajstić information content (AvgIpc) is 3.64. The molecule has 1 aromatic heterocycles. The zero-order chi connectivity index (χ0) is 26.0. The normalized spacial score (nSPS) is 22.4. The molecule has 1 heterocycles. The molecule has 1 spiro atoms. The van der Waals surface area contributed by atoms with Gasteiger partial charge in [-0.2, -0.15) is 0 Å². The van der Waals surface area contributed by atoms with Gasteiger partial charge in [0.1, 0.15) is 5.75 Å². The Morgan fingerprint density at radius 1 is 1.00 bits per heavy atom. The van der Waals surface area contributed by atoms with E-state index in [1.54, 1.807) is 38.5 Å². The van der Waals surface area contributed by atoms with Crippen molar-refractivity contribution in [2.75, 3.05) is 33.3 Å². The van der Waals surface area contributed by atoms with E-state index < -0.39 is 5.97 Å². The summed E-state index contributed by atoms with van der Waals surface area (Å²) in [5, 5.41) is 4.15. The monoisotopic (exact) mass is 504 g/mol. The van der Waals surface area contributed by atoms with E-state index in [0.29, 0.717) is 23.2 Å². The summed E-state index contributed by atoms with van der Waals surface area (Å²) < 4.78 is 20.9. The van der Waals surface area contributed by atoms with Crippen molar-refractivity contribution in [2.24, 2.45) is 11.3 Å². The number of anilines is 1. The third-order valence-corrected chi connectivity index (χ3v) is 7.91. The minimum Gasteiger partial charge on any atom is -0.493 e. The van der Waals surface area contributed by atoms with E-state index in [9.17, 15) is 9.59 Å². The van der Waals surface area contributed by atoms with Gasteiger partial charge in [0.15, 0.2) is 18.1 Å². The van der Waals surface area contributed by atoms with Crippen molar-refractivity contribution in [3.8, 4) is 17.2 Å². The van der Waals surface area contributed by atoms with Crippen LogP contribution in [0.3, 0.4) is 0 Å². The number of fused-ring (bicyclic) bond motifs is 1. The van der Waals surface area contributed by atoms with Crippen LogP contribution in [0.2, 0.25) is 0 Å². The van der Waals surface area contributed by atoms with Crippen molar-refractivity contribution in [1.82, 2.24) is 4.98 Å². The highest BCUT2D eigenvalue weighted by Gasteiger charge is 2.58. The molecular weight excluding hydrogens is 472 g/mol. The summed E-state index contributed by atoms with van der Waals surface area (Å²) >= 11 is 0. The number of nitrogens with one attached hydrogen (secondary N) is 1. The molecule has 0 radical (unpaired) electrons. The summed E-state index contributed by atoms with van der Waals surface area (Å²) in [7, 11) is 4.60. The van der Waals surface area contributed by atoms with Crippen LogP contribution in [0.5, 0.6) is 17.2 Å². The number of esters is 1. The highest BCUT2D eigenvalue weighted by molar-refractivity contribution is 5.95. The fourth-order valence-electron chi connectivity index (χ4n) is 5.69. The number of pyridine rings is 1. The summed E-state index contributed by atoms with van der Waals surface area (Å²) in [6, 6.07) is 13.1. The predicted molar refractivity (Wildman–Crippen MR) is 139 cm³/mol. The minimum atomic E-state index is -0.441. The first-order valence-electron chi connectivity index (χ1n) is 12.6. The van der Waals surface area contributed by atoms with Gasteiger partial charge in [0.25, 0.3) is 0 Å². The molecule has 37 heavy (non-hydrogen) atoms. The molecule has 5 rings (SSSR count). The molecule has 2 saturated carbocycles. The van der Waals surface area contributed by atoms with Crippen molar-refractivity contribution in [3.05, 3.63) is 54.2 Å². The maximum atomic E-state index is 13.0. The van der Waals surface area contributed by atoms with E-state index in [2.05, 4.69) is 21.1 Å². The van der Waals surface area contributed by atoms with Crippen molar-refractivity contribution in [3.63, 3.8) is 0 Å². The number of methoxy groups -OCH3 is 3. The van der Waals surface area contributed by atoms with Gasteiger partial charge in [0.05, 0.1) is 26.8 Å². The summed E-state index contributed by atoms with van der Waals surface area (Å²) in [6.45, 7) is -0.148. The Balaban J connectivity index is 1.19. The second-order valence-corrected chi connectivity index (χ2v) is 9.90. The standard InChI is InChI=1S/C29H32N2O6/c1-34-25-14-22-21(10-13-30-24(22)15-26(25)35-2)18-8-11-29(12-9-18)16-23(29)28(33)31-19-4-6-20(7-5-19)37-17-27(32)36-3/h4-7,10,13-15,18,23H,8-9,11-12,16-17H2,1-3H3,(H,31,33). The van der Waals surface area contributed by atoms with E-state index in [1.807, 2.05) is 18.3 Å². The second-order valence-electron chi connectivity index (χ2n) is 9.90. The van der Waals surface area contributed by atoms with Crippen LogP contribution >= 0.6 is 0 Å². The molecular formula is C29H32N2O6. The number of ether oxygens (including phenoxy) is 4. The summed E-state index contributed by atoms with van der Waals surface area (Å²) in [4.78, 5) is 28.8. The number of hydrogen-bond donors (Lipinski definition) is 1. The molecule has 1 amide bonds. The van der Waals surface area contributed by atoms with Gasteiger partial charge in [-0.3, -0.25) is 9.78 Å². The number of aromatic nitrogens is 1. The Kier molecular flexibility index (Phi) is 6.91. The van der Waals surface area contributed by atoms with Gasteiger partial charge in [-0.05, 0) is 85.4 Å². The lowest BCUT2D eigenvalue weighted by Gasteiger charge is -2.30. The van der Waals surface area contributed by atoms with E-state index in [0.717, 1.165) is 48.7 Å². The zero-order valence-electron chi connectivity index (χ0n) is 21.4. The van der Waals surface area contributed by atoms with Crippen molar-refractivity contribution >= 4 is 28.5 Å². The molecule has 1 N–H and O–H groups in total. The number of rotatable bonds is 8. The fourth-order valence-corrected chi connectivity index (χ4v) is 5.69. The highest BCUT2D eigenvalue weighted by Crippen LogP contribution is 2.63. The molecule has 0 aliphatic heterocycles. The Morgan fingerprint density at radius 3 is 2.38 bits per heavy atom. The third-order valence-electron chi connectivity index (χ3n) is 7.91. The van der Waals surface area contributed by atoms with Gasteiger partial charge in [0, 0.05) is 29.3 Å². The maximum absolute atomic E-state index is 13.0. The lowest BCUT2D eigenvalue weighted by Crippen LogP contribution is -2.22. The number of carbonyl (C=O) groups excluding carboxylic acids is 2. The smallest absolute Gasteiger partial charge is 0.343 e. The second kappa shape index (κ2) is 10.3. The quantitative estimate of drug-likeness (QED) is 0.426. The van der Waals surface area contributed by atoms with Gasteiger partial charge in [-0.15, -0.1) is 0 Å². The summed E-state index contributed by atoms with van der Waals surface area (Å²) in [5.74, 6) is 2.04. The number of nitrogens with zero attached hydrogens (tertiary/aromatic N) is 1. The average molecular weight is 505 g/mol. The molecule has 2 aromatic carbocycles. The molecule has 0 saturated heterocycles. The molecule has 2 fully saturated rings. The van der Waals surface area contributed by atoms with Gasteiger partial charge in [-0.25, -0.2) is 4.79 Å². The molecule has 1 unspecified atom stereocenters. The third kappa shape index (κ3) is 5.05. The van der Waals surface area contributed by atoms with Crippen LogP contribution in [0.4, 0.5) is 5.69 Å². The molecule has 2 aliphatic rings. The molecule has 1 atom stereocenters. The molecule has 0 bridgehead atoms. The largest absolute Gasteiger partial charge is 0.493 e. The van der Waals surface area contributed by atoms with Gasteiger partial charge in [-0.1, -0.05) is 0 Å². The highest BCUT2D eigenvalue weighted by atomic mass is 16.6. The maximum Gasteiger partial charge on any atom is 0.343 e. The summed E-state index contributed by atoms with van der Waals surface area (Å²) in [5.41, 5.74) is 3.02. The van der Waals surface area contributed by atoms with Gasteiger partial charge in [0.2, 0.25) is 5.91 Å². The van der Waals surface area contributed by atoms with Crippen molar-refractivity contribution in [2.45, 2.75) is 38.0 Å². The van der Waals surface area contributed by atoms with Crippen molar-refractivity contribution in [1.29, 1.82) is 0 Å². The van der Waals surface area contributed by atoms with Crippen LogP contribution in [0.15, 0.2) is 48.7 Å². The van der Waals surface area contributed by atoms with Crippen molar-refractivity contribution < 1.29 is 28.5 Å².